The summed E-state index contributed by atoms with van der Waals surface area (Å²) in [4.78, 5) is 25.8. The average molecular weight is 487 g/mol. The molecule has 5 aromatic carbocycles. The number of hydrogen-bond acceptors (Lipinski definition) is 3. The highest BCUT2D eigenvalue weighted by Crippen LogP contribution is 2.22. The number of carbonyl (C=O) groups is 2. The van der Waals surface area contributed by atoms with Gasteiger partial charge in [0.25, 0.3) is 11.8 Å². The molecule has 37 heavy (non-hydrogen) atoms. The van der Waals surface area contributed by atoms with Crippen molar-refractivity contribution in [2.24, 2.45) is 0 Å². The first kappa shape index (κ1) is 23.8. The van der Waals surface area contributed by atoms with Crippen LogP contribution in [0, 0.1) is 0 Å². The van der Waals surface area contributed by atoms with E-state index in [9.17, 15) is 9.59 Å². The van der Waals surface area contributed by atoms with Crippen LogP contribution < -0.4 is 15.4 Å². The summed E-state index contributed by atoms with van der Waals surface area (Å²) in [7, 11) is 0. The van der Waals surface area contributed by atoms with E-state index in [1.54, 1.807) is 48.5 Å². The molecule has 0 saturated heterocycles. The minimum absolute atomic E-state index is 0.282. The van der Waals surface area contributed by atoms with Gasteiger partial charge in [0, 0.05) is 11.1 Å². The molecule has 0 aliphatic rings. The maximum absolute atomic E-state index is 12.9. The van der Waals surface area contributed by atoms with Crippen molar-refractivity contribution in [2.75, 3.05) is 0 Å². The Morgan fingerprint density at radius 3 is 1.76 bits per heavy atom. The molecule has 0 fully saturated rings. The van der Waals surface area contributed by atoms with Gasteiger partial charge in [0.05, 0.1) is 0 Å². The third-order valence-corrected chi connectivity index (χ3v) is 6.11. The van der Waals surface area contributed by atoms with Crippen LogP contribution in [0.2, 0.25) is 0 Å². The minimum Gasteiger partial charge on any atom is -0.489 e. The zero-order valence-corrected chi connectivity index (χ0v) is 20.1. The highest BCUT2D eigenvalue weighted by atomic mass is 16.5. The van der Waals surface area contributed by atoms with Crippen LogP contribution in [0.1, 0.15) is 38.0 Å². The lowest BCUT2D eigenvalue weighted by Gasteiger charge is -2.21. The number of amides is 2. The van der Waals surface area contributed by atoms with Gasteiger partial charge in [-0.2, -0.15) is 0 Å². The van der Waals surface area contributed by atoms with Crippen molar-refractivity contribution in [3.63, 3.8) is 0 Å². The van der Waals surface area contributed by atoms with Crippen molar-refractivity contribution < 1.29 is 14.3 Å². The fourth-order valence-electron chi connectivity index (χ4n) is 4.15. The van der Waals surface area contributed by atoms with Gasteiger partial charge in [-0.15, -0.1) is 0 Å². The molecule has 5 aromatic rings. The lowest BCUT2D eigenvalue weighted by atomic mass is 10.1. The average Bonchev–Trinajstić information content (AvgIpc) is 2.97. The summed E-state index contributed by atoms with van der Waals surface area (Å²) in [5, 5.41) is 8.20. The standard InChI is InChI=1S/C32H26N2O3/c35-31(25-11-3-1-4-12-25)33-30(34-32(36)26-13-5-2-6-14-26)24-18-20-28(21-19-24)37-22-27-16-9-15-23-10-7-8-17-29(23)27/h1-21,30H,22H2,(H,33,35)(H,34,36). The highest BCUT2D eigenvalue weighted by molar-refractivity contribution is 5.96. The second kappa shape index (κ2) is 11.2. The van der Waals surface area contributed by atoms with Gasteiger partial charge in [0.2, 0.25) is 0 Å². The largest absolute Gasteiger partial charge is 0.489 e. The van der Waals surface area contributed by atoms with E-state index in [4.69, 9.17) is 4.74 Å². The van der Waals surface area contributed by atoms with Crippen LogP contribution in [0.15, 0.2) is 127 Å². The second-order valence-corrected chi connectivity index (χ2v) is 8.61. The molecule has 5 nitrogen and oxygen atoms in total. The van der Waals surface area contributed by atoms with E-state index in [0.717, 1.165) is 16.5 Å². The maximum Gasteiger partial charge on any atom is 0.253 e. The predicted molar refractivity (Wildman–Crippen MR) is 145 cm³/mol. The first-order chi connectivity index (χ1) is 18.2. The van der Waals surface area contributed by atoms with Gasteiger partial charge in [-0.05, 0) is 58.3 Å². The van der Waals surface area contributed by atoms with E-state index in [1.165, 1.54) is 5.39 Å². The molecule has 2 N–H and O–H groups in total. The summed E-state index contributed by atoms with van der Waals surface area (Å²) in [6.45, 7) is 0.430. The van der Waals surface area contributed by atoms with Gasteiger partial charge < -0.3 is 15.4 Å². The van der Waals surface area contributed by atoms with Crippen LogP contribution in [0.5, 0.6) is 5.75 Å². The van der Waals surface area contributed by atoms with Crippen LogP contribution in [0.3, 0.4) is 0 Å². The Morgan fingerprint density at radius 1 is 0.595 bits per heavy atom. The van der Waals surface area contributed by atoms with Gasteiger partial charge in [0.15, 0.2) is 0 Å². The van der Waals surface area contributed by atoms with Crippen molar-refractivity contribution in [3.05, 3.63) is 150 Å². The van der Waals surface area contributed by atoms with Crippen LogP contribution in [-0.4, -0.2) is 11.8 Å². The fraction of sp³-hybridized carbons (Fsp3) is 0.0625. The molecule has 0 heterocycles. The maximum atomic E-state index is 12.9. The normalized spacial score (nSPS) is 10.7. The molecule has 182 valence electrons. The highest BCUT2D eigenvalue weighted by Gasteiger charge is 2.19. The lowest BCUT2D eigenvalue weighted by molar-refractivity contribution is 0.0883. The minimum atomic E-state index is -0.729. The molecule has 0 aliphatic heterocycles. The van der Waals surface area contributed by atoms with Crippen LogP contribution in [-0.2, 0) is 6.61 Å². The molecular weight excluding hydrogens is 460 g/mol. The molecule has 2 amide bonds. The van der Waals surface area contributed by atoms with Crippen molar-refractivity contribution >= 4 is 22.6 Å². The molecule has 0 atom stereocenters. The summed E-state index contributed by atoms with van der Waals surface area (Å²) < 4.78 is 6.06. The quantitative estimate of drug-likeness (QED) is 0.254. The molecule has 0 spiro atoms. The Morgan fingerprint density at radius 2 is 1.14 bits per heavy atom. The number of benzene rings is 5. The molecule has 5 rings (SSSR count). The number of carbonyl (C=O) groups excluding carboxylic acids is 2. The number of nitrogens with one attached hydrogen (secondary N) is 2. The van der Waals surface area contributed by atoms with Gasteiger partial charge >= 0.3 is 0 Å². The number of hydrogen-bond donors (Lipinski definition) is 2. The Labute approximate surface area is 215 Å². The first-order valence-electron chi connectivity index (χ1n) is 12.1. The van der Waals surface area contributed by atoms with E-state index >= 15 is 0 Å². The summed E-state index contributed by atoms with van der Waals surface area (Å²) in [5.74, 6) is 0.129. The number of rotatable bonds is 8. The molecular formula is C32H26N2O3. The van der Waals surface area contributed by atoms with Gasteiger partial charge in [0.1, 0.15) is 18.5 Å². The molecule has 0 aliphatic carbocycles. The smallest absolute Gasteiger partial charge is 0.253 e. The van der Waals surface area contributed by atoms with Crippen molar-refractivity contribution in [1.82, 2.24) is 10.6 Å². The Balaban J connectivity index is 1.33. The van der Waals surface area contributed by atoms with Crippen molar-refractivity contribution in [2.45, 2.75) is 12.8 Å². The molecule has 0 radical (unpaired) electrons. The Kier molecular flexibility index (Phi) is 7.23. The molecule has 0 unspecified atom stereocenters. The Hall–Kier alpha value is -4.90. The summed E-state index contributed by atoms with van der Waals surface area (Å²) in [6.07, 6.45) is -0.729. The molecule has 0 saturated carbocycles. The predicted octanol–water partition coefficient (Wildman–Crippen LogP) is 6.28. The molecule has 5 heteroatoms. The van der Waals surface area contributed by atoms with Crippen LogP contribution in [0.25, 0.3) is 10.8 Å². The third-order valence-electron chi connectivity index (χ3n) is 6.11. The fourth-order valence-corrected chi connectivity index (χ4v) is 4.15. The van der Waals surface area contributed by atoms with E-state index in [2.05, 4.69) is 34.9 Å². The number of fused-ring (bicyclic) bond motifs is 1. The van der Waals surface area contributed by atoms with Gasteiger partial charge in [-0.1, -0.05) is 91.0 Å². The number of ether oxygens (including phenoxy) is 1. The van der Waals surface area contributed by atoms with E-state index in [0.29, 0.717) is 23.5 Å². The SMILES string of the molecule is O=C(NC(NC(=O)c1ccccc1)c1ccc(OCc2cccc3ccccc23)cc1)c1ccccc1. The summed E-state index contributed by atoms with van der Waals surface area (Å²) in [5.41, 5.74) is 2.85. The van der Waals surface area contributed by atoms with Gasteiger partial charge in [-0.25, -0.2) is 0 Å². The summed E-state index contributed by atoms with van der Waals surface area (Å²) >= 11 is 0. The summed E-state index contributed by atoms with van der Waals surface area (Å²) in [6, 6.07) is 39.6. The van der Waals surface area contributed by atoms with Crippen LogP contribution >= 0.6 is 0 Å². The lowest BCUT2D eigenvalue weighted by Crippen LogP contribution is -2.41. The first-order valence-corrected chi connectivity index (χ1v) is 12.1. The van der Waals surface area contributed by atoms with Gasteiger partial charge in [-0.3, -0.25) is 9.59 Å². The van der Waals surface area contributed by atoms with Crippen molar-refractivity contribution in [3.8, 4) is 5.75 Å². The Bertz CT molecular complexity index is 1440. The molecule has 0 bridgehead atoms. The van der Waals surface area contributed by atoms with E-state index in [-0.39, 0.29) is 11.8 Å². The molecule has 0 aromatic heterocycles. The third kappa shape index (κ3) is 5.85. The zero-order chi connectivity index (χ0) is 25.5. The monoisotopic (exact) mass is 486 g/mol. The zero-order valence-electron chi connectivity index (χ0n) is 20.1. The van der Waals surface area contributed by atoms with E-state index < -0.39 is 6.17 Å². The van der Waals surface area contributed by atoms with E-state index in [1.807, 2.05) is 54.6 Å². The van der Waals surface area contributed by atoms with Crippen molar-refractivity contribution in [1.29, 1.82) is 0 Å². The topological polar surface area (TPSA) is 67.4 Å². The van der Waals surface area contributed by atoms with Crippen LogP contribution in [0.4, 0.5) is 0 Å². The second-order valence-electron chi connectivity index (χ2n) is 8.61.